The van der Waals surface area contributed by atoms with Crippen LogP contribution in [0, 0.1) is 20.8 Å². The van der Waals surface area contributed by atoms with Gasteiger partial charge in [-0.15, -0.1) is 0 Å². The molecule has 0 aliphatic carbocycles. The predicted molar refractivity (Wildman–Crippen MR) is 90.0 cm³/mol. The van der Waals surface area contributed by atoms with E-state index in [1.54, 1.807) is 0 Å². The van der Waals surface area contributed by atoms with Crippen LogP contribution in [0.5, 0.6) is 0 Å². The van der Waals surface area contributed by atoms with Crippen LogP contribution in [0.15, 0.2) is 40.9 Å². The van der Waals surface area contributed by atoms with Gasteiger partial charge in [-0.05, 0) is 56.0 Å². The Morgan fingerprint density at radius 1 is 1.00 bits per heavy atom. The van der Waals surface area contributed by atoms with Crippen LogP contribution in [0.3, 0.4) is 0 Å². The van der Waals surface area contributed by atoms with Gasteiger partial charge in [0.25, 0.3) is 0 Å². The van der Waals surface area contributed by atoms with Crippen LogP contribution in [0.4, 0.5) is 0 Å². The number of halogens is 1. The van der Waals surface area contributed by atoms with Gasteiger partial charge in [-0.2, -0.15) is 0 Å². The maximum atomic E-state index is 3.64. The molecule has 20 heavy (non-hydrogen) atoms. The summed E-state index contributed by atoms with van der Waals surface area (Å²) in [7, 11) is 0. The van der Waals surface area contributed by atoms with Gasteiger partial charge < -0.3 is 5.32 Å². The Kier molecular flexibility index (Phi) is 5.00. The second-order valence-electron chi connectivity index (χ2n) is 5.56. The molecule has 1 unspecified atom stereocenters. The first-order chi connectivity index (χ1) is 9.47. The van der Waals surface area contributed by atoms with Crippen LogP contribution in [0.25, 0.3) is 0 Å². The highest BCUT2D eigenvalue weighted by atomic mass is 79.9. The molecule has 0 aliphatic heterocycles. The van der Waals surface area contributed by atoms with Crippen LogP contribution in [-0.4, -0.2) is 0 Å². The normalized spacial score (nSPS) is 12.4. The molecule has 0 aliphatic rings. The molecule has 0 aromatic heterocycles. The lowest BCUT2D eigenvalue weighted by molar-refractivity contribution is 0.571. The zero-order valence-corrected chi connectivity index (χ0v) is 14.2. The van der Waals surface area contributed by atoms with Crippen molar-refractivity contribution in [3.05, 3.63) is 68.7 Å². The zero-order valence-electron chi connectivity index (χ0n) is 12.6. The van der Waals surface area contributed by atoms with Crippen molar-refractivity contribution in [3.8, 4) is 0 Å². The van der Waals surface area contributed by atoms with Crippen LogP contribution < -0.4 is 5.32 Å². The monoisotopic (exact) mass is 331 g/mol. The third-order valence-electron chi connectivity index (χ3n) is 3.70. The van der Waals surface area contributed by atoms with Crippen LogP contribution in [-0.2, 0) is 6.54 Å². The van der Waals surface area contributed by atoms with Crippen molar-refractivity contribution in [2.75, 3.05) is 0 Å². The highest BCUT2D eigenvalue weighted by molar-refractivity contribution is 9.10. The molecule has 2 aromatic carbocycles. The summed E-state index contributed by atoms with van der Waals surface area (Å²) in [6.07, 6.45) is 0. The van der Waals surface area contributed by atoms with Crippen LogP contribution >= 0.6 is 15.9 Å². The van der Waals surface area contributed by atoms with Crippen molar-refractivity contribution in [2.24, 2.45) is 0 Å². The van der Waals surface area contributed by atoms with Crippen LogP contribution in [0.2, 0.25) is 0 Å². The first kappa shape index (κ1) is 15.3. The van der Waals surface area contributed by atoms with Gasteiger partial charge in [-0.3, -0.25) is 0 Å². The number of rotatable bonds is 4. The molecule has 0 saturated carbocycles. The fourth-order valence-electron chi connectivity index (χ4n) is 2.48. The topological polar surface area (TPSA) is 12.0 Å². The van der Waals surface area contributed by atoms with E-state index < -0.39 is 0 Å². The summed E-state index contributed by atoms with van der Waals surface area (Å²) < 4.78 is 1.18. The first-order valence-corrected chi connectivity index (χ1v) is 7.82. The Morgan fingerprint density at radius 2 is 1.65 bits per heavy atom. The van der Waals surface area contributed by atoms with Crippen molar-refractivity contribution in [1.29, 1.82) is 0 Å². The molecule has 0 amide bonds. The number of hydrogen-bond acceptors (Lipinski definition) is 1. The molecule has 0 bridgehead atoms. The Balaban J connectivity index is 2.06. The van der Waals surface area contributed by atoms with E-state index in [-0.39, 0.29) is 0 Å². The van der Waals surface area contributed by atoms with E-state index in [4.69, 9.17) is 0 Å². The maximum Gasteiger partial charge on any atom is 0.0297 e. The number of benzene rings is 2. The highest BCUT2D eigenvalue weighted by Gasteiger charge is 2.09. The second kappa shape index (κ2) is 6.55. The summed E-state index contributed by atoms with van der Waals surface area (Å²) >= 11 is 3.64. The molecule has 0 heterocycles. The van der Waals surface area contributed by atoms with Crippen molar-refractivity contribution in [1.82, 2.24) is 5.32 Å². The third kappa shape index (κ3) is 3.71. The Morgan fingerprint density at radius 3 is 2.30 bits per heavy atom. The third-order valence-corrected chi connectivity index (χ3v) is 4.44. The molecule has 1 N–H and O–H groups in total. The highest BCUT2D eigenvalue weighted by Crippen LogP contribution is 2.22. The second-order valence-corrected chi connectivity index (χ2v) is 6.41. The van der Waals surface area contributed by atoms with E-state index in [1.807, 2.05) is 0 Å². The average molecular weight is 332 g/mol. The van der Waals surface area contributed by atoms with Crippen molar-refractivity contribution < 1.29 is 0 Å². The quantitative estimate of drug-likeness (QED) is 0.809. The molecule has 0 spiro atoms. The van der Waals surface area contributed by atoms with Gasteiger partial charge in [-0.25, -0.2) is 0 Å². The van der Waals surface area contributed by atoms with Gasteiger partial charge >= 0.3 is 0 Å². The predicted octanol–water partition coefficient (Wildman–Crippen LogP) is 5.23. The van der Waals surface area contributed by atoms with E-state index in [1.165, 1.54) is 32.3 Å². The van der Waals surface area contributed by atoms with Gasteiger partial charge in [-0.1, -0.05) is 51.8 Å². The maximum absolute atomic E-state index is 3.64. The molecule has 1 nitrogen and oxygen atoms in total. The zero-order chi connectivity index (χ0) is 14.7. The summed E-state index contributed by atoms with van der Waals surface area (Å²) in [4.78, 5) is 0. The molecule has 1 atom stereocenters. The van der Waals surface area contributed by atoms with Gasteiger partial charge in [0.1, 0.15) is 0 Å². The number of nitrogens with one attached hydrogen (secondary N) is 1. The van der Waals surface area contributed by atoms with Gasteiger partial charge in [0.05, 0.1) is 0 Å². The van der Waals surface area contributed by atoms with Gasteiger partial charge in [0, 0.05) is 17.1 Å². The molecule has 2 heteroatoms. The number of aryl methyl sites for hydroxylation is 3. The summed E-state index contributed by atoms with van der Waals surface area (Å²) in [5.41, 5.74) is 6.63. The minimum atomic E-state index is 0.351. The van der Waals surface area contributed by atoms with E-state index in [0.717, 1.165) is 6.54 Å². The standard InChI is InChI=1S/C18H22BrN/c1-12-6-8-17(14(3)9-12)15(4)20-11-16-7-5-13(2)10-18(16)19/h5-10,15,20H,11H2,1-4H3. The molecule has 0 radical (unpaired) electrons. The largest absolute Gasteiger partial charge is 0.306 e. The van der Waals surface area contributed by atoms with Crippen molar-refractivity contribution in [3.63, 3.8) is 0 Å². The number of hydrogen-bond donors (Lipinski definition) is 1. The molecule has 0 saturated heterocycles. The van der Waals surface area contributed by atoms with E-state index in [2.05, 4.69) is 85.3 Å². The first-order valence-electron chi connectivity index (χ1n) is 7.03. The summed E-state index contributed by atoms with van der Waals surface area (Å²) in [6, 6.07) is 13.5. The Bertz CT molecular complexity index is 604. The fourth-order valence-corrected chi connectivity index (χ4v) is 3.11. The lowest BCUT2D eigenvalue weighted by Crippen LogP contribution is -2.19. The molecule has 106 valence electrons. The van der Waals surface area contributed by atoms with Crippen molar-refractivity contribution in [2.45, 2.75) is 40.3 Å². The molecule has 2 aromatic rings. The molecule has 0 fully saturated rings. The average Bonchev–Trinajstić information content (AvgIpc) is 2.37. The fraction of sp³-hybridized carbons (Fsp3) is 0.333. The van der Waals surface area contributed by atoms with Crippen LogP contribution in [0.1, 0.15) is 40.8 Å². The molecular formula is C18H22BrN. The van der Waals surface area contributed by atoms with E-state index in [9.17, 15) is 0 Å². The van der Waals surface area contributed by atoms with Gasteiger partial charge in [0.2, 0.25) is 0 Å². The summed E-state index contributed by atoms with van der Waals surface area (Å²) in [6.45, 7) is 9.52. The Hall–Kier alpha value is -1.12. The SMILES string of the molecule is Cc1ccc(C(C)NCc2ccc(C)cc2Br)c(C)c1. The lowest BCUT2D eigenvalue weighted by Gasteiger charge is -2.18. The summed E-state index contributed by atoms with van der Waals surface area (Å²) in [5.74, 6) is 0. The Labute approximate surface area is 130 Å². The van der Waals surface area contributed by atoms with Gasteiger partial charge in [0.15, 0.2) is 0 Å². The smallest absolute Gasteiger partial charge is 0.0297 e. The minimum Gasteiger partial charge on any atom is -0.306 e. The van der Waals surface area contributed by atoms with Crippen molar-refractivity contribution >= 4 is 15.9 Å². The minimum absolute atomic E-state index is 0.351. The van der Waals surface area contributed by atoms with E-state index >= 15 is 0 Å². The van der Waals surface area contributed by atoms with E-state index in [0.29, 0.717) is 6.04 Å². The lowest BCUT2D eigenvalue weighted by atomic mass is 10.00. The molecule has 2 rings (SSSR count). The molecular weight excluding hydrogens is 310 g/mol. The summed E-state index contributed by atoms with van der Waals surface area (Å²) in [5, 5.41) is 3.61.